The molecule has 1 fully saturated rings. The predicted molar refractivity (Wildman–Crippen MR) is 107 cm³/mol. The van der Waals surface area contributed by atoms with Crippen LogP contribution >= 0.6 is 12.2 Å². The molecule has 152 valence electrons. The van der Waals surface area contributed by atoms with E-state index in [0.29, 0.717) is 5.70 Å². The van der Waals surface area contributed by atoms with E-state index in [4.69, 9.17) is 17.5 Å². The quantitative estimate of drug-likeness (QED) is 0.429. The van der Waals surface area contributed by atoms with Crippen LogP contribution < -0.4 is 4.90 Å². The molecule has 1 N–H and O–H groups in total. The Morgan fingerprint density at radius 3 is 2.45 bits per heavy atom. The van der Waals surface area contributed by atoms with E-state index in [9.17, 15) is 23.1 Å². The second kappa shape index (κ2) is 7.72. The highest BCUT2D eigenvalue weighted by Gasteiger charge is 2.50. The van der Waals surface area contributed by atoms with Gasteiger partial charge in [-0.1, -0.05) is 6.58 Å². The van der Waals surface area contributed by atoms with E-state index in [2.05, 4.69) is 6.58 Å². The van der Waals surface area contributed by atoms with Crippen molar-refractivity contribution in [3.63, 3.8) is 0 Å². The number of allylic oxidation sites excluding steroid dienone is 4. The van der Waals surface area contributed by atoms with Crippen LogP contribution in [-0.4, -0.2) is 26.6 Å². The molecule has 5 nitrogen and oxygen atoms in total. The standard InChI is InChI=1S/C20H18F3N3O2S/c1-5-14(8-6-12(2)27)26-18(29)25(17(28)19(26,3)4)15-9-7-13(11-24)16(10-15)20(21,22)23/h5-10,27H,1H2,2-4H3/b12-6+,14-8+. The van der Waals surface area contributed by atoms with Crippen LogP contribution in [0.15, 0.2) is 54.5 Å². The number of hydrogen-bond acceptors (Lipinski definition) is 4. The highest BCUT2D eigenvalue weighted by Crippen LogP contribution is 2.39. The van der Waals surface area contributed by atoms with Crippen molar-refractivity contribution in [1.82, 2.24) is 4.90 Å². The Balaban J connectivity index is 2.63. The lowest BCUT2D eigenvalue weighted by Gasteiger charge is -2.30. The van der Waals surface area contributed by atoms with E-state index in [1.165, 1.54) is 42.2 Å². The van der Waals surface area contributed by atoms with Gasteiger partial charge in [0, 0.05) is 5.70 Å². The fourth-order valence-corrected chi connectivity index (χ4v) is 3.42. The minimum atomic E-state index is -4.77. The third-order valence-corrected chi connectivity index (χ3v) is 4.68. The lowest BCUT2D eigenvalue weighted by atomic mass is 10.0. The van der Waals surface area contributed by atoms with E-state index in [1.54, 1.807) is 13.8 Å². The number of carbonyl (C=O) groups excluding carboxylic acids is 1. The number of hydrogen-bond donors (Lipinski definition) is 1. The molecular formula is C20H18F3N3O2S. The third-order valence-electron chi connectivity index (χ3n) is 4.32. The number of anilines is 1. The van der Waals surface area contributed by atoms with Crippen LogP contribution in [0, 0.1) is 11.3 Å². The van der Waals surface area contributed by atoms with Crippen molar-refractivity contribution >= 4 is 28.9 Å². The first-order valence-electron chi connectivity index (χ1n) is 8.36. The Labute approximate surface area is 171 Å². The molecule has 0 bridgehead atoms. The lowest BCUT2D eigenvalue weighted by molar-refractivity contribution is -0.137. The summed E-state index contributed by atoms with van der Waals surface area (Å²) in [5.74, 6) is -0.532. The number of nitrogens with zero attached hydrogens (tertiary/aromatic N) is 3. The molecule has 0 radical (unpaired) electrons. The zero-order valence-electron chi connectivity index (χ0n) is 15.9. The molecule has 2 rings (SSSR count). The first kappa shape index (κ1) is 22.2. The molecule has 1 aromatic rings. The van der Waals surface area contributed by atoms with Gasteiger partial charge in [-0.3, -0.25) is 9.69 Å². The minimum absolute atomic E-state index is 0.0114. The van der Waals surface area contributed by atoms with Crippen LogP contribution in [0.3, 0.4) is 0 Å². The van der Waals surface area contributed by atoms with Crippen molar-refractivity contribution in [1.29, 1.82) is 5.26 Å². The number of rotatable bonds is 4. The van der Waals surface area contributed by atoms with E-state index < -0.39 is 28.7 Å². The van der Waals surface area contributed by atoms with Crippen molar-refractivity contribution in [3.05, 3.63) is 65.6 Å². The monoisotopic (exact) mass is 421 g/mol. The van der Waals surface area contributed by atoms with Gasteiger partial charge in [0.1, 0.15) is 5.54 Å². The molecule has 9 heteroatoms. The number of amides is 1. The number of aliphatic hydroxyl groups is 1. The number of thiocarbonyl (C=S) groups is 1. The van der Waals surface area contributed by atoms with E-state index in [1.807, 2.05) is 0 Å². The fraction of sp³-hybridized carbons (Fsp3) is 0.250. The molecule has 0 aliphatic carbocycles. The van der Waals surface area contributed by atoms with Crippen molar-refractivity contribution in [2.24, 2.45) is 0 Å². The van der Waals surface area contributed by atoms with Crippen molar-refractivity contribution in [2.75, 3.05) is 4.90 Å². The van der Waals surface area contributed by atoms with E-state index in [-0.39, 0.29) is 16.6 Å². The Morgan fingerprint density at radius 1 is 1.34 bits per heavy atom. The van der Waals surface area contributed by atoms with Gasteiger partial charge in [-0.25, -0.2) is 0 Å². The van der Waals surface area contributed by atoms with Gasteiger partial charge in [0.05, 0.1) is 28.6 Å². The molecular weight excluding hydrogens is 403 g/mol. The zero-order valence-corrected chi connectivity index (χ0v) is 16.7. The van der Waals surface area contributed by atoms with Gasteiger partial charge in [-0.2, -0.15) is 18.4 Å². The summed E-state index contributed by atoms with van der Waals surface area (Å²) in [6, 6.07) is 4.48. The Morgan fingerprint density at radius 2 is 1.97 bits per heavy atom. The van der Waals surface area contributed by atoms with Gasteiger partial charge in [0.2, 0.25) is 0 Å². The molecule has 1 aliphatic rings. The fourth-order valence-electron chi connectivity index (χ4n) is 2.90. The topological polar surface area (TPSA) is 67.6 Å². The largest absolute Gasteiger partial charge is 0.513 e. The number of aliphatic hydroxyl groups excluding tert-OH is 1. The molecule has 1 aromatic carbocycles. The molecule has 1 aliphatic heterocycles. The maximum absolute atomic E-state index is 13.3. The van der Waals surface area contributed by atoms with Crippen LogP contribution in [0.5, 0.6) is 0 Å². The summed E-state index contributed by atoms with van der Waals surface area (Å²) < 4.78 is 40.0. The number of alkyl halides is 3. The molecule has 0 saturated carbocycles. The highest BCUT2D eigenvalue weighted by atomic mass is 32.1. The normalized spacial score (nSPS) is 17.6. The summed E-state index contributed by atoms with van der Waals surface area (Å²) in [5, 5.41) is 18.3. The Kier molecular flexibility index (Phi) is 5.90. The lowest BCUT2D eigenvalue weighted by Crippen LogP contribution is -2.43. The molecule has 1 saturated heterocycles. The molecule has 0 atom stereocenters. The van der Waals surface area contributed by atoms with Gasteiger partial charge < -0.3 is 10.0 Å². The number of nitriles is 1. The van der Waals surface area contributed by atoms with E-state index in [0.717, 1.165) is 17.0 Å². The summed E-state index contributed by atoms with van der Waals surface area (Å²) in [4.78, 5) is 15.5. The average molecular weight is 421 g/mol. The molecule has 0 unspecified atom stereocenters. The van der Waals surface area contributed by atoms with Crippen LogP contribution in [0.25, 0.3) is 0 Å². The van der Waals surface area contributed by atoms with Crippen molar-refractivity contribution in [3.8, 4) is 6.07 Å². The van der Waals surface area contributed by atoms with Crippen LogP contribution in [0.1, 0.15) is 31.9 Å². The van der Waals surface area contributed by atoms with Crippen molar-refractivity contribution in [2.45, 2.75) is 32.5 Å². The Hall–Kier alpha value is -3.12. The molecule has 1 heterocycles. The van der Waals surface area contributed by atoms with Gasteiger partial charge in [0.15, 0.2) is 5.11 Å². The predicted octanol–water partition coefficient (Wildman–Crippen LogP) is 4.82. The summed E-state index contributed by atoms with van der Waals surface area (Å²) in [5.41, 5.74) is -2.64. The van der Waals surface area contributed by atoms with Gasteiger partial charge >= 0.3 is 6.18 Å². The van der Waals surface area contributed by atoms with Crippen LogP contribution in [0.4, 0.5) is 18.9 Å². The summed E-state index contributed by atoms with van der Waals surface area (Å²) in [6.07, 6.45) is -0.472. The second-order valence-electron chi connectivity index (χ2n) is 6.76. The van der Waals surface area contributed by atoms with Crippen LogP contribution in [-0.2, 0) is 11.0 Å². The maximum Gasteiger partial charge on any atom is 0.417 e. The average Bonchev–Trinajstić information content (AvgIpc) is 2.80. The highest BCUT2D eigenvalue weighted by molar-refractivity contribution is 7.80. The number of halogens is 3. The Bertz CT molecular complexity index is 984. The summed E-state index contributed by atoms with van der Waals surface area (Å²) >= 11 is 5.40. The first-order valence-corrected chi connectivity index (χ1v) is 8.77. The smallest absolute Gasteiger partial charge is 0.417 e. The third kappa shape index (κ3) is 4.03. The molecule has 0 aromatic heterocycles. The van der Waals surface area contributed by atoms with Gasteiger partial charge in [0.25, 0.3) is 5.91 Å². The number of benzene rings is 1. The molecule has 0 spiro atoms. The number of carbonyl (C=O) groups is 1. The second-order valence-corrected chi connectivity index (χ2v) is 7.13. The summed E-state index contributed by atoms with van der Waals surface area (Å²) in [6.45, 7) is 8.28. The SMILES string of the molecule is C=C/C(=C\C=C(/C)O)N1C(=S)N(c2ccc(C#N)c(C(F)(F)F)c2)C(=O)C1(C)C. The van der Waals surface area contributed by atoms with Crippen molar-refractivity contribution < 1.29 is 23.1 Å². The van der Waals surface area contributed by atoms with E-state index >= 15 is 0 Å². The molecule has 29 heavy (non-hydrogen) atoms. The molecule has 1 amide bonds. The van der Waals surface area contributed by atoms with Gasteiger partial charge in [-0.05, 0) is 69.4 Å². The van der Waals surface area contributed by atoms with Gasteiger partial charge in [-0.15, -0.1) is 0 Å². The van der Waals surface area contributed by atoms with Crippen LogP contribution in [0.2, 0.25) is 0 Å². The zero-order chi connectivity index (χ0) is 22.1. The summed E-state index contributed by atoms with van der Waals surface area (Å²) in [7, 11) is 0. The first-order chi connectivity index (χ1) is 13.4. The maximum atomic E-state index is 13.3. The minimum Gasteiger partial charge on any atom is -0.513 e.